The molecule has 1 aromatic heterocycles. The van der Waals surface area contributed by atoms with Gasteiger partial charge >= 0.3 is 5.97 Å². The summed E-state index contributed by atoms with van der Waals surface area (Å²) in [5, 5.41) is 5.48. The summed E-state index contributed by atoms with van der Waals surface area (Å²) in [5.41, 5.74) is 0.200. The lowest BCUT2D eigenvalue weighted by molar-refractivity contribution is -0.141. The molecular formula is C13H19NO3S. The molecule has 1 aliphatic heterocycles. The van der Waals surface area contributed by atoms with Crippen molar-refractivity contribution in [1.82, 2.24) is 5.32 Å². The number of carbonyl (C=O) groups excluding carboxylic acids is 1. The van der Waals surface area contributed by atoms with E-state index in [4.69, 9.17) is 9.47 Å². The predicted octanol–water partition coefficient (Wildman–Crippen LogP) is 1.98. The van der Waals surface area contributed by atoms with Gasteiger partial charge in [-0.2, -0.15) is 0 Å². The minimum absolute atomic E-state index is 0.0369. The molecule has 4 nitrogen and oxygen atoms in total. The van der Waals surface area contributed by atoms with E-state index in [2.05, 4.69) is 12.2 Å². The van der Waals surface area contributed by atoms with Crippen molar-refractivity contribution in [3.05, 3.63) is 22.4 Å². The zero-order chi connectivity index (χ0) is 13.0. The molecule has 0 saturated carbocycles. The third-order valence-electron chi connectivity index (χ3n) is 3.16. The van der Waals surface area contributed by atoms with E-state index in [9.17, 15) is 4.79 Å². The Hall–Kier alpha value is -0.910. The molecule has 1 aliphatic rings. The quantitative estimate of drug-likeness (QED) is 0.802. The van der Waals surface area contributed by atoms with Gasteiger partial charge in [0, 0.05) is 16.8 Å². The maximum atomic E-state index is 11.4. The van der Waals surface area contributed by atoms with Crippen molar-refractivity contribution in [1.29, 1.82) is 0 Å². The second-order valence-corrected chi connectivity index (χ2v) is 6.01. The van der Waals surface area contributed by atoms with E-state index in [1.165, 1.54) is 12.0 Å². The van der Waals surface area contributed by atoms with Gasteiger partial charge in [-0.25, -0.2) is 0 Å². The van der Waals surface area contributed by atoms with E-state index in [1.54, 1.807) is 11.3 Å². The molecule has 2 rings (SSSR count). The molecule has 0 bridgehead atoms. The van der Waals surface area contributed by atoms with Crippen LogP contribution in [-0.4, -0.2) is 32.8 Å². The molecule has 1 atom stereocenters. The highest BCUT2D eigenvalue weighted by molar-refractivity contribution is 7.10. The largest absolute Gasteiger partial charge is 0.469 e. The Morgan fingerprint density at radius 3 is 2.94 bits per heavy atom. The third kappa shape index (κ3) is 3.31. The van der Waals surface area contributed by atoms with E-state index in [-0.39, 0.29) is 17.4 Å². The maximum Gasteiger partial charge on any atom is 0.307 e. The lowest BCUT2D eigenvalue weighted by Crippen LogP contribution is -2.48. The van der Waals surface area contributed by atoms with Crippen LogP contribution in [0.1, 0.15) is 24.3 Å². The van der Waals surface area contributed by atoms with Crippen LogP contribution in [-0.2, 0) is 14.3 Å². The molecular weight excluding hydrogens is 250 g/mol. The number of thiophene rings is 1. The lowest BCUT2D eigenvalue weighted by Gasteiger charge is -2.39. The van der Waals surface area contributed by atoms with E-state index >= 15 is 0 Å². The first kappa shape index (κ1) is 13.5. The average molecular weight is 269 g/mol. The van der Waals surface area contributed by atoms with Gasteiger partial charge in [0.15, 0.2) is 0 Å². The lowest BCUT2D eigenvalue weighted by atomic mass is 9.88. The first-order valence-electron chi connectivity index (χ1n) is 6.04. The standard InChI is InChI=1S/C13H19NO3S/c1-13(8-17-9-13)7-14-10(6-12(15)16-2)11-4-3-5-18-11/h3-5,10,14H,6-9H2,1-2H3. The Balaban J connectivity index is 1.94. The average Bonchev–Trinajstić information content (AvgIpc) is 2.85. The summed E-state index contributed by atoms with van der Waals surface area (Å²) in [7, 11) is 1.43. The van der Waals surface area contributed by atoms with Crippen LogP contribution in [0.15, 0.2) is 17.5 Å². The minimum atomic E-state index is -0.184. The van der Waals surface area contributed by atoms with Crippen molar-refractivity contribution in [2.75, 3.05) is 26.9 Å². The van der Waals surface area contributed by atoms with Crippen LogP contribution in [0, 0.1) is 5.41 Å². The summed E-state index contributed by atoms with van der Waals surface area (Å²) in [5.74, 6) is -0.184. The first-order chi connectivity index (χ1) is 8.63. The van der Waals surface area contributed by atoms with Crippen molar-refractivity contribution in [3.8, 4) is 0 Å². The van der Waals surface area contributed by atoms with Crippen LogP contribution in [0.5, 0.6) is 0 Å². The topological polar surface area (TPSA) is 47.6 Å². The maximum absolute atomic E-state index is 11.4. The van der Waals surface area contributed by atoms with Crippen LogP contribution >= 0.6 is 11.3 Å². The van der Waals surface area contributed by atoms with E-state index < -0.39 is 0 Å². The molecule has 0 spiro atoms. The number of methoxy groups -OCH3 is 1. The van der Waals surface area contributed by atoms with Crippen LogP contribution in [0.25, 0.3) is 0 Å². The Morgan fingerprint density at radius 2 is 2.44 bits per heavy atom. The molecule has 1 saturated heterocycles. The number of rotatable bonds is 6. The number of carbonyl (C=O) groups is 1. The predicted molar refractivity (Wildman–Crippen MR) is 70.6 cm³/mol. The van der Waals surface area contributed by atoms with Crippen molar-refractivity contribution < 1.29 is 14.3 Å². The SMILES string of the molecule is COC(=O)CC(NCC1(C)COC1)c1cccs1. The Bertz CT molecular complexity index is 387. The van der Waals surface area contributed by atoms with E-state index in [1.807, 2.05) is 17.5 Å². The molecule has 1 fully saturated rings. The fraction of sp³-hybridized carbons (Fsp3) is 0.615. The van der Waals surface area contributed by atoms with E-state index in [0.717, 1.165) is 19.8 Å². The van der Waals surface area contributed by atoms with Crippen LogP contribution in [0.3, 0.4) is 0 Å². The summed E-state index contributed by atoms with van der Waals surface area (Å²) in [4.78, 5) is 12.6. The fourth-order valence-electron chi connectivity index (χ4n) is 1.94. The zero-order valence-corrected chi connectivity index (χ0v) is 11.6. The molecule has 100 valence electrons. The van der Waals surface area contributed by atoms with Gasteiger partial charge < -0.3 is 14.8 Å². The van der Waals surface area contributed by atoms with Gasteiger partial charge in [0.25, 0.3) is 0 Å². The van der Waals surface area contributed by atoms with Gasteiger partial charge in [0.05, 0.1) is 32.8 Å². The number of nitrogens with one attached hydrogen (secondary N) is 1. The second-order valence-electron chi connectivity index (χ2n) is 5.03. The Labute approximate surface area is 111 Å². The van der Waals surface area contributed by atoms with Crippen LogP contribution < -0.4 is 5.32 Å². The van der Waals surface area contributed by atoms with Crippen molar-refractivity contribution >= 4 is 17.3 Å². The molecule has 1 N–H and O–H groups in total. The van der Waals surface area contributed by atoms with Crippen molar-refractivity contribution in [3.63, 3.8) is 0 Å². The van der Waals surface area contributed by atoms with Crippen LogP contribution in [0.4, 0.5) is 0 Å². The monoisotopic (exact) mass is 269 g/mol. The molecule has 0 radical (unpaired) electrons. The molecule has 1 unspecified atom stereocenters. The van der Waals surface area contributed by atoms with Gasteiger partial charge in [0.2, 0.25) is 0 Å². The smallest absolute Gasteiger partial charge is 0.307 e. The summed E-state index contributed by atoms with van der Waals surface area (Å²) >= 11 is 1.66. The highest BCUT2D eigenvalue weighted by Gasteiger charge is 2.34. The number of esters is 1. The molecule has 5 heteroatoms. The van der Waals surface area contributed by atoms with Gasteiger partial charge in [0.1, 0.15) is 0 Å². The Morgan fingerprint density at radius 1 is 1.67 bits per heavy atom. The summed E-state index contributed by atoms with van der Waals surface area (Å²) < 4.78 is 9.99. The number of hydrogen-bond donors (Lipinski definition) is 1. The minimum Gasteiger partial charge on any atom is -0.469 e. The van der Waals surface area contributed by atoms with Gasteiger partial charge in [-0.3, -0.25) is 4.79 Å². The summed E-state index contributed by atoms with van der Waals surface area (Å²) in [6, 6.07) is 4.08. The van der Waals surface area contributed by atoms with Gasteiger partial charge in [-0.1, -0.05) is 13.0 Å². The molecule has 0 aliphatic carbocycles. The Kier molecular flexibility index (Phi) is 4.37. The van der Waals surface area contributed by atoms with Gasteiger partial charge in [-0.15, -0.1) is 11.3 Å². The van der Waals surface area contributed by atoms with Gasteiger partial charge in [-0.05, 0) is 11.4 Å². The molecule has 2 heterocycles. The number of hydrogen-bond acceptors (Lipinski definition) is 5. The third-order valence-corrected chi connectivity index (χ3v) is 4.15. The molecule has 0 aromatic carbocycles. The van der Waals surface area contributed by atoms with Crippen molar-refractivity contribution in [2.45, 2.75) is 19.4 Å². The summed E-state index contributed by atoms with van der Waals surface area (Å²) in [6.45, 7) is 4.62. The molecule has 0 amide bonds. The normalized spacial score (nSPS) is 19.0. The van der Waals surface area contributed by atoms with Crippen molar-refractivity contribution in [2.24, 2.45) is 5.41 Å². The fourth-order valence-corrected chi connectivity index (χ4v) is 2.74. The van der Waals surface area contributed by atoms with Crippen LogP contribution in [0.2, 0.25) is 0 Å². The highest BCUT2D eigenvalue weighted by atomic mass is 32.1. The van der Waals surface area contributed by atoms with E-state index in [0.29, 0.717) is 6.42 Å². The molecule has 18 heavy (non-hydrogen) atoms. The molecule has 1 aromatic rings. The first-order valence-corrected chi connectivity index (χ1v) is 6.92. The number of ether oxygens (including phenoxy) is 2. The second kappa shape index (κ2) is 5.82. The zero-order valence-electron chi connectivity index (χ0n) is 10.8. The summed E-state index contributed by atoms with van der Waals surface area (Å²) in [6.07, 6.45) is 0.369. The highest BCUT2D eigenvalue weighted by Crippen LogP contribution is 2.28.